The Balaban J connectivity index is 1.86. The van der Waals surface area contributed by atoms with Crippen molar-refractivity contribution in [2.24, 2.45) is 17.8 Å². The van der Waals surface area contributed by atoms with Crippen LogP contribution in [0.15, 0.2) is 24.3 Å². The third-order valence-electron chi connectivity index (χ3n) is 4.85. The Kier molecular flexibility index (Phi) is 2.93. The first-order chi connectivity index (χ1) is 8.50. The van der Waals surface area contributed by atoms with Gasteiger partial charge in [-0.2, -0.15) is 0 Å². The van der Waals surface area contributed by atoms with Crippen LogP contribution in [0.1, 0.15) is 52.9 Å². The maximum atomic E-state index is 6.53. The van der Waals surface area contributed by atoms with Crippen molar-refractivity contribution in [3.05, 3.63) is 24.3 Å². The topological polar surface area (TPSA) is 9.23 Å². The van der Waals surface area contributed by atoms with Crippen LogP contribution in [0.25, 0.3) is 0 Å². The Hall–Kier alpha value is -0.560. The molecule has 18 heavy (non-hydrogen) atoms. The summed E-state index contributed by atoms with van der Waals surface area (Å²) in [5.74, 6) is 2.39. The lowest BCUT2D eigenvalue weighted by Crippen LogP contribution is -2.43. The lowest BCUT2D eigenvalue weighted by molar-refractivity contribution is -0.127. The molecule has 1 nitrogen and oxygen atoms in total. The molecule has 0 aromatic rings. The fourth-order valence-corrected chi connectivity index (χ4v) is 4.42. The molecule has 0 aliphatic heterocycles. The van der Waals surface area contributed by atoms with E-state index in [2.05, 4.69) is 45.1 Å². The average Bonchev–Trinajstić information content (AvgIpc) is 2.68. The number of ether oxygens (including phenoxy) is 1. The molecule has 2 bridgehead atoms. The van der Waals surface area contributed by atoms with Crippen LogP contribution in [0.4, 0.5) is 0 Å². The van der Waals surface area contributed by atoms with E-state index < -0.39 is 0 Å². The number of rotatable bonds is 1. The van der Waals surface area contributed by atoms with Crippen LogP contribution < -0.4 is 0 Å². The van der Waals surface area contributed by atoms with Crippen molar-refractivity contribution in [2.45, 2.75) is 64.1 Å². The molecule has 3 aliphatic carbocycles. The van der Waals surface area contributed by atoms with Gasteiger partial charge < -0.3 is 4.74 Å². The molecule has 0 aromatic heterocycles. The molecule has 0 N–H and O–H groups in total. The van der Waals surface area contributed by atoms with Crippen molar-refractivity contribution in [2.75, 3.05) is 0 Å². The molecular formula is C17H26O. The highest BCUT2D eigenvalue weighted by Gasteiger charge is 2.55. The minimum atomic E-state index is -0.0354. The fraction of sp³-hybridized carbons (Fsp3) is 0.765. The van der Waals surface area contributed by atoms with E-state index in [4.69, 9.17) is 4.74 Å². The summed E-state index contributed by atoms with van der Waals surface area (Å²) in [5.41, 5.74) is 0.0189. The summed E-state index contributed by atoms with van der Waals surface area (Å²) in [4.78, 5) is 0. The zero-order valence-electron chi connectivity index (χ0n) is 12.0. The zero-order valence-corrected chi connectivity index (χ0v) is 12.0. The van der Waals surface area contributed by atoms with Gasteiger partial charge in [0.2, 0.25) is 0 Å². The van der Waals surface area contributed by atoms with Crippen LogP contribution in [0.2, 0.25) is 0 Å². The molecule has 0 saturated heterocycles. The SMILES string of the molecule is CC(C)(C)OC12C=CC(C1)C1CC/C=C/CCC12. The Morgan fingerprint density at radius 1 is 1.11 bits per heavy atom. The molecule has 100 valence electrons. The predicted molar refractivity (Wildman–Crippen MR) is 75.4 cm³/mol. The smallest absolute Gasteiger partial charge is 0.0906 e. The van der Waals surface area contributed by atoms with Crippen LogP contribution in [0.3, 0.4) is 0 Å². The van der Waals surface area contributed by atoms with Gasteiger partial charge in [0.25, 0.3) is 0 Å². The third-order valence-corrected chi connectivity index (χ3v) is 4.85. The normalized spacial score (nSPS) is 44.5. The van der Waals surface area contributed by atoms with E-state index in [0.717, 1.165) is 17.8 Å². The molecular weight excluding hydrogens is 220 g/mol. The van der Waals surface area contributed by atoms with Gasteiger partial charge in [-0.25, -0.2) is 0 Å². The summed E-state index contributed by atoms with van der Waals surface area (Å²) >= 11 is 0. The Bertz CT molecular complexity index is 374. The van der Waals surface area contributed by atoms with E-state index in [1.807, 2.05) is 0 Å². The van der Waals surface area contributed by atoms with Crippen LogP contribution >= 0.6 is 0 Å². The number of fused-ring (bicyclic) bond motifs is 5. The van der Waals surface area contributed by atoms with Crippen LogP contribution in [-0.4, -0.2) is 11.2 Å². The van der Waals surface area contributed by atoms with Crippen molar-refractivity contribution in [1.29, 1.82) is 0 Å². The molecule has 0 amide bonds. The largest absolute Gasteiger partial charge is 0.365 e. The van der Waals surface area contributed by atoms with Gasteiger partial charge in [0.1, 0.15) is 0 Å². The van der Waals surface area contributed by atoms with Crippen LogP contribution in [-0.2, 0) is 4.74 Å². The van der Waals surface area contributed by atoms with Crippen LogP contribution in [0.5, 0.6) is 0 Å². The molecule has 3 rings (SSSR count). The molecule has 0 radical (unpaired) electrons. The average molecular weight is 246 g/mol. The van der Waals surface area contributed by atoms with Gasteiger partial charge in [0, 0.05) is 0 Å². The molecule has 1 fully saturated rings. The maximum absolute atomic E-state index is 6.53. The first kappa shape index (κ1) is 12.5. The molecule has 1 heteroatoms. The van der Waals surface area contributed by atoms with Crippen LogP contribution in [0, 0.1) is 17.8 Å². The van der Waals surface area contributed by atoms with Gasteiger partial charge in [-0.3, -0.25) is 0 Å². The van der Waals surface area contributed by atoms with Crippen molar-refractivity contribution in [1.82, 2.24) is 0 Å². The molecule has 0 aromatic carbocycles. The van der Waals surface area contributed by atoms with Crippen molar-refractivity contribution in [3.63, 3.8) is 0 Å². The highest BCUT2D eigenvalue weighted by atomic mass is 16.5. The molecule has 0 heterocycles. The Morgan fingerprint density at radius 2 is 1.83 bits per heavy atom. The summed E-state index contributed by atoms with van der Waals surface area (Å²) in [6.07, 6.45) is 16.0. The van der Waals surface area contributed by atoms with E-state index >= 15 is 0 Å². The molecule has 4 unspecified atom stereocenters. The highest BCUT2D eigenvalue weighted by Crippen LogP contribution is 2.57. The van der Waals surface area contributed by atoms with Gasteiger partial charge in [-0.05, 0) is 70.6 Å². The van der Waals surface area contributed by atoms with Gasteiger partial charge >= 0.3 is 0 Å². The molecule has 4 atom stereocenters. The maximum Gasteiger partial charge on any atom is 0.0906 e. The lowest BCUT2D eigenvalue weighted by Gasteiger charge is -2.41. The third kappa shape index (κ3) is 2.07. The molecule has 3 aliphatic rings. The summed E-state index contributed by atoms with van der Waals surface area (Å²) in [6, 6.07) is 0. The van der Waals surface area contributed by atoms with Crippen molar-refractivity contribution >= 4 is 0 Å². The van der Waals surface area contributed by atoms with Gasteiger partial charge in [-0.15, -0.1) is 0 Å². The fourth-order valence-electron chi connectivity index (χ4n) is 4.42. The van der Waals surface area contributed by atoms with E-state index in [1.54, 1.807) is 0 Å². The number of allylic oxidation sites excluding steroid dienone is 3. The standard InChI is InChI=1S/C17H26O/c1-16(2,3)18-17-11-10-13(12-17)14-8-6-4-5-7-9-15(14)17/h4-5,10-11,13-15H,6-9,12H2,1-3H3/b5-4+. The minimum Gasteiger partial charge on any atom is -0.365 e. The molecule has 0 spiro atoms. The first-order valence-corrected chi connectivity index (χ1v) is 7.55. The van der Waals surface area contributed by atoms with Crippen molar-refractivity contribution < 1.29 is 4.74 Å². The van der Waals surface area contributed by atoms with Gasteiger partial charge in [-0.1, -0.05) is 24.3 Å². The summed E-state index contributed by atoms with van der Waals surface area (Å²) in [5, 5.41) is 0. The summed E-state index contributed by atoms with van der Waals surface area (Å²) in [7, 11) is 0. The number of hydrogen-bond acceptors (Lipinski definition) is 1. The van der Waals surface area contributed by atoms with Gasteiger partial charge in [0.15, 0.2) is 0 Å². The van der Waals surface area contributed by atoms with E-state index in [0.29, 0.717) is 0 Å². The summed E-state index contributed by atoms with van der Waals surface area (Å²) < 4.78 is 6.53. The minimum absolute atomic E-state index is 0.0354. The molecule has 1 saturated carbocycles. The zero-order chi connectivity index (χ0) is 12.8. The Labute approximate surface area is 111 Å². The first-order valence-electron chi connectivity index (χ1n) is 7.55. The quantitative estimate of drug-likeness (QED) is 0.619. The monoisotopic (exact) mass is 246 g/mol. The van der Waals surface area contributed by atoms with E-state index in [-0.39, 0.29) is 11.2 Å². The predicted octanol–water partition coefficient (Wildman–Crippen LogP) is 4.49. The summed E-state index contributed by atoms with van der Waals surface area (Å²) in [6.45, 7) is 6.58. The van der Waals surface area contributed by atoms with E-state index in [9.17, 15) is 0 Å². The lowest BCUT2D eigenvalue weighted by atomic mass is 9.75. The van der Waals surface area contributed by atoms with E-state index in [1.165, 1.54) is 32.1 Å². The second-order valence-electron chi connectivity index (χ2n) is 7.29. The second-order valence-corrected chi connectivity index (χ2v) is 7.29. The van der Waals surface area contributed by atoms with Crippen molar-refractivity contribution in [3.8, 4) is 0 Å². The Morgan fingerprint density at radius 3 is 2.56 bits per heavy atom. The van der Waals surface area contributed by atoms with Gasteiger partial charge in [0.05, 0.1) is 11.2 Å². The highest BCUT2D eigenvalue weighted by molar-refractivity contribution is 5.24. The second kappa shape index (κ2) is 4.23. The number of hydrogen-bond donors (Lipinski definition) is 0.